The van der Waals surface area contributed by atoms with Crippen molar-refractivity contribution in [1.82, 2.24) is 4.98 Å². The van der Waals surface area contributed by atoms with Crippen LogP contribution in [0.3, 0.4) is 0 Å². The van der Waals surface area contributed by atoms with Gasteiger partial charge in [0.25, 0.3) is 0 Å². The minimum atomic E-state index is 0.881. The SMILES string of the molecule is c1ccc(-c2ccc3oc4c(-c5ccc(-c6ccc7nc(-c8ccccc8)c8ccc9oc%10ccccc%10c9c8c7c6)cc5)cccc4c3c2)cc1. The fraction of sp³-hybridized carbons (Fsp3) is 0. The number of hydrogen-bond donors (Lipinski definition) is 0. The summed E-state index contributed by atoms with van der Waals surface area (Å²) in [7, 11) is 0. The van der Waals surface area contributed by atoms with E-state index in [1.807, 2.05) is 24.3 Å². The van der Waals surface area contributed by atoms with Crippen LogP contribution in [0.25, 0.3) is 110 Å². The molecule has 0 saturated heterocycles. The fourth-order valence-corrected chi connectivity index (χ4v) is 7.98. The Hall–Kier alpha value is -6.97. The second kappa shape index (κ2) is 11.3. The normalized spacial score (nSPS) is 11.8. The lowest BCUT2D eigenvalue weighted by molar-refractivity contribution is 0.669. The van der Waals surface area contributed by atoms with Crippen molar-refractivity contribution in [3.8, 4) is 44.6 Å². The van der Waals surface area contributed by atoms with Gasteiger partial charge < -0.3 is 8.83 Å². The molecule has 11 aromatic rings. The molecule has 0 spiro atoms. The zero-order valence-electron chi connectivity index (χ0n) is 28.0. The van der Waals surface area contributed by atoms with Crippen LogP contribution >= 0.6 is 0 Å². The van der Waals surface area contributed by atoms with Crippen molar-refractivity contribution in [2.75, 3.05) is 0 Å². The smallest absolute Gasteiger partial charge is 0.143 e. The maximum atomic E-state index is 6.52. The Morgan fingerprint density at radius 3 is 1.77 bits per heavy atom. The van der Waals surface area contributed by atoms with Crippen molar-refractivity contribution >= 4 is 65.6 Å². The fourth-order valence-electron chi connectivity index (χ4n) is 7.98. The van der Waals surface area contributed by atoms with Crippen molar-refractivity contribution < 1.29 is 8.83 Å². The first kappa shape index (κ1) is 28.8. The number of pyridine rings is 1. The van der Waals surface area contributed by atoms with E-state index in [0.29, 0.717) is 0 Å². The molecule has 52 heavy (non-hydrogen) atoms. The number of nitrogens with zero attached hydrogens (tertiary/aromatic N) is 1. The summed E-state index contributed by atoms with van der Waals surface area (Å²) in [5.41, 5.74) is 13.4. The molecule has 0 aliphatic heterocycles. The molecule has 0 fully saturated rings. The van der Waals surface area contributed by atoms with Crippen molar-refractivity contribution in [3.05, 3.63) is 176 Å². The van der Waals surface area contributed by atoms with Crippen LogP contribution in [0.1, 0.15) is 0 Å². The average Bonchev–Trinajstić information content (AvgIpc) is 3.79. The summed E-state index contributed by atoms with van der Waals surface area (Å²) in [6.07, 6.45) is 0. The van der Waals surface area contributed by atoms with Crippen molar-refractivity contribution in [3.63, 3.8) is 0 Å². The lowest BCUT2D eigenvalue weighted by atomic mass is 9.93. The van der Waals surface area contributed by atoms with Gasteiger partial charge in [-0.05, 0) is 70.3 Å². The molecule has 3 heteroatoms. The number of furan rings is 2. The average molecular weight is 664 g/mol. The Labute approximate surface area is 299 Å². The minimum absolute atomic E-state index is 0.881. The van der Waals surface area contributed by atoms with Gasteiger partial charge in [-0.1, -0.05) is 133 Å². The van der Waals surface area contributed by atoms with Crippen LogP contribution in [0, 0.1) is 0 Å². The van der Waals surface area contributed by atoms with E-state index < -0.39 is 0 Å². The van der Waals surface area contributed by atoms with E-state index in [9.17, 15) is 0 Å². The molecule has 242 valence electrons. The molecule has 0 N–H and O–H groups in total. The summed E-state index contributed by atoms with van der Waals surface area (Å²) in [6.45, 7) is 0. The molecule has 0 aliphatic carbocycles. The van der Waals surface area contributed by atoms with Gasteiger partial charge in [0.05, 0.1) is 11.2 Å². The summed E-state index contributed by atoms with van der Waals surface area (Å²) in [4.78, 5) is 5.26. The van der Waals surface area contributed by atoms with Gasteiger partial charge in [0.15, 0.2) is 0 Å². The second-order valence-electron chi connectivity index (χ2n) is 13.5. The molecule has 0 atom stereocenters. The number of aromatic nitrogens is 1. The van der Waals surface area contributed by atoms with E-state index >= 15 is 0 Å². The quantitative estimate of drug-likeness (QED) is 0.176. The van der Waals surface area contributed by atoms with Crippen LogP contribution in [0.2, 0.25) is 0 Å². The monoisotopic (exact) mass is 663 g/mol. The Kier molecular flexibility index (Phi) is 6.25. The second-order valence-corrected chi connectivity index (χ2v) is 13.5. The summed E-state index contributed by atoms with van der Waals surface area (Å²) in [6, 6.07) is 61.9. The van der Waals surface area contributed by atoms with Crippen LogP contribution in [0.4, 0.5) is 0 Å². The third-order valence-corrected chi connectivity index (χ3v) is 10.5. The zero-order chi connectivity index (χ0) is 34.2. The predicted molar refractivity (Wildman–Crippen MR) is 216 cm³/mol. The van der Waals surface area contributed by atoms with Gasteiger partial charge in [0, 0.05) is 48.8 Å². The summed E-state index contributed by atoms with van der Waals surface area (Å²) in [5.74, 6) is 0. The van der Waals surface area contributed by atoms with Crippen LogP contribution in [-0.4, -0.2) is 4.98 Å². The molecule has 0 aliphatic rings. The Balaban J connectivity index is 1.05. The third kappa shape index (κ3) is 4.43. The van der Waals surface area contributed by atoms with E-state index in [4.69, 9.17) is 13.8 Å². The molecule has 3 nitrogen and oxygen atoms in total. The molecule has 0 unspecified atom stereocenters. The molecule has 3 aromatic heterocycles. The highest BCUT2D eigenvalue weighted by Crippen LogP contribution is 2.43. The topological polar surface area (TPSA) is 39.2 Å². The van der Waals surface area contributed by atoms with E-state index in [-0.39, 0.29) is 0 Å². The molecule has 11 rings (SSSR count). The Morgan fingerprint density at radius 1 is 0.327 bits per heavy atom. The van der Waals surface area contributed by atoms with E-state index in [0.717, 1.165) is 99.1 Å². The van der Waals surface area contributed by atoms with Crippen LogP contribution in [0.15, 0.2) is 185 Å². The molecule has 0 amide bonds. The molecular formula is C49H29NO2. The van der Waals surface area contributed by atoms with E-state index in [1.165, 1.54) is 11.1 Å². The van der Waals surface area contributed by atoms with Gasteiger partial charge in [-0.25, -0.2) is 4.98 Å². The molecule has 0 bridgehead atoms. The zero-order valence-corrected chi connectivity index (χ0v) is 28.0. The van der Waals surface area contributed by atoms with E-state index in [1.54, 1.807) is 0 Å². The number of hydrogen-bond acceptors (Lipinski definition) is 3. The van der Waals surface area contributed by atoms with Crippen LogP contribution in [-0.2, 0) is 0 Å². The standard InChI is InChI=1S/C49H29NO2/c1-3-10-30(11-4-1)35-23-26-44-40(28-35)37-16-9-15-36(49(37)52-44)32-20-18-31(19-21-32)34-22-25-42-41(29-34)46-39(48(50-42)33-12-5-2-6-13-33)24-27-45-47(46)38-14-7-8-17-43(38)51-45/h1-29H. The number of benzene rings is 8. The number of rotatable bonds is 4. The number of fused-ring (bicyclic) bond motifs is 10. The van der Waals surface area contributed by atoms with Crippen molar-refractivity contribution in [2.45, 2.75) is 0 Å². The van der Waals surface area contributed by atoms with Crippen molar-refractivity contribution in [1.29, 1.82) is 0 Å². The molecule has 8 aromatic carbocycles. The predicted octanol–water partition coefficient (Wildman–Crippen LogP) is 13.9. The van der Waals surface area contributed by atoms with E-state index in [2.05, 4.69) is 152 Å². The third-order valence-electron chi connectivity index (χ3n) is 10.5. The maximum Gasteiger partial charge on any atom is 0.143 e. The highest BCUT2D eigenvalue weighted by Gasteiger charge is 2.18. The van der Waals surface area contributed by atoms with Crippen LogP contribution < -0.4 is 0 Å². The largest absolute Gasteiger partial charge is 0.456 e. The summed E-state index contributed by atoms with van der Waals surface area (Å²) < 4.78 is 12.9. The Morgan fingerprint density at radius 2 is 0.942 bits per heavy atom. The highest BCUT2D eigenvalue weighted by molar-refractivity contribution is 6.28. The molecule has 0 radical (unpaired) electrons. The van der Waals surface area contributed by atoms with Crippen molar-refractivity contribution in [2.24, 2.45) is 0 Å². The lowest BCUT2D eigenvalue weighted by Crippen LogP contribution is -1.91. The van der Waals surface area contributed by atoms with Gasteiger partial charge in [-0.3, -0.25) is 0 Å². The highest BCUT2D eigenvalue weighted by atomic mass is 16.3. The first-order valence-corrected chi connectivity index (χ1v) is 17.6. The summed E-state index contributed by atoms with van der Waals surface area (Å²) in [5, 5.41) is 7.87. The van der Waals surface area contributed by atoms with Gasteiger partial charge in [0.1, 0.15) is 22.3 Å². The van der Waals surface area contributed by atoms with Gasteiger partial charge in [-0.2, -0.15) is 0 Å². The number of para-hydroxylation sites is 2. The van der Waals surface area contributed by atoms with Gasteiger partial charge >= 0.3 is 0 Å². The van der Waals surface area contributed by atoms with Gasteiger partial charge in [0.2, 0.25) is 0 Å². The summed E-state index contributed by atoms with van der Waals surface area (Å²) >= 11 is 0. The molecule has 0 saturated carbocycles. The molecular weight excluding hydrogens is 635 g/mol. The lowest BCUT2D eigenvalue weighted by Gasteiger charge is -2.13. The Bertz CT molecular complexity index is 3150. The molecule has 3 heterocycles. The minimum Gasteiger partial charge on any atom is -0.456 e. The first-order valence-electron chi connectivity index (χ1n) is 17.6. The van der Waals surface area contributed by atoms with Gasteiger partial charge in [-0.15, -0.1) is 0 Å². The first-order chi connectivity index (χ1) is 25.8. The van der Waals surface area contributed by atoms with Crippen LogP contribution in [0.5, 0.6) is 0 Å². The maximum absolute atomic E-state index is 6.52.